The van der Waals surface area contributed by atoms with Crippen molar-refractivity contribution in [1.82, 2.24) is 20.8 Å². The minimum Gasteiger partial charge on any atom is -0.486 e. The van der Waals surface area contributed by atoms with Crippen LogP contribution in [0.5, 0.6) is 5.75 Å². The van der Waals surface area contributed by atoms with Crippen LogP contribution in [0.2, 0.25) is 5.02 Å². The van der Waals surface area contributed by atoms with E-state index in [1.165, 1.54) is 6.07 Å². The Morgan fingerprint density at radius 1 is 1.21 bits per heavy atom. The lowest BCUT2D eigenvalue weighted by molar-refractivity contribution is 0.214. The Labute approximate surface area is 172 Å². The highest BCUT2D eigenvalue weighted by Crippen LogP contribution is 2.19. The van der Waals surface area contributed by atoms with Crippen LogP contribution in [0, 0.1) is 5.82 Å². The Balaban J connectivity index is 1.48. The van der Waals surface area contributed by atoms with E-state index >= 15 is 0 Å². The largest absolute Gasteiger partial charge is 0.486 e. The third-order valence-electron chi connectivity index (χ3n) is 3.92. The van der Waals surface area contributed by atoms with E-state index < -0.39 is 5.82 Å². The number of aromatic nitrogens is 2. The number of rotatable bonds is 7. The van der Waals surface area contributed by atoms with Gasteiger partial charge in [0.05, 0.1) is 13.1 Å². The van der Waals surface area contributed by atoms with E-state index in [-0.39, 0.29) is 11.9 Å². The van der Waals surface area contributed by atoms with Crippen LogP contribution in [0.3, 0.4) is 0 Å². The van der Waals surface area contributed by atoms with Crippen molar-refractivity contribution in [2.24, 2.45) is 4.99 Å². The van der Waals surface area contributed by atoms with Gasteiger partial charge in [-0.15, -0.1) is 0 Å². The molecule has 29 heavy (non-hydrogen) atoms. The maximum Gasteiger partial charge on any atom is 0.246 e. The zero-order valence-corrected chi connectivity index (χ0v) is 16.8. The van der Waals surface area contributed by atoms with E-state index in [1.807, 2.05) is 19.1 Å². The number of nitrogens with one attached hydrogen (secondary N) is 2. The number of hydrogen-bond donors (Lipinski definition) is 2. The SMILES string of the molecule is CN=C(NCc1nc(-c2ccc(Cl)cc2)no1)NCC(C)Oc1ccccc1F. The maximum absolute atomic E-state index is 13.7. The average molecular weight is 418 g/mol. The Hall–Kier alpha value is -3.13. The summed E-state index contributed by atoms with van der Waals surface area (Å²) >= 11 is 5.89. The van der Waals surface area contributed by atoms with Crippen molar-refractivity contribution in [3.05, 3.63) is 65.3 Å². The number of para-hydroxylation sites is 1. The molecule has 2 aromatic carbocycles. The van der Waals surface area contributed by atoms with Gasteiger partial charge in [0.1, 0.15) is 6.10 Å². The molecule has 0 fully saturated rings. The van der Waals surface area contributed by atoms with Crippen molar-refractivity contribution in [1.29, 1.82) is 0 Å². The van der Waals surface area contributed by atoms with Gasteiger partial charge in [0.2, 0.25) is 11.7 Å². The Morgan fingerprint density at radius 2 is 1.97 bits per heavy atom. The van der Waals surface area contributed by atoms with Gasteiger partial charge in [0.15, 0.2) is 17.5 Å². The highest BCUT2D eigenvalue weighted by Gasteiger charge is 2.11. The van der Waals surface area contributed by atoms with Gasteiger partial charge < -0.3 is 19.9 Å². The van der Waals surface area contributed by atoms with E-state index in [4.69, 9.17) is 20.9 Å². The van der Waals surface area contributed by atoms with Crippen LogP contribution in [0.1, 0.15) is 12.8 Å². The predicted octanol–water partition coefficient (Wildman–Crippen LogP) is 3.66. The molecule has 3 rings (SSSR count). The van der Waals surface area contributed by atoms with Gasteiger partial charge in [-0.2, -0.15) is 4.98 Å². The van der Waals surface area contributed by atoms with Crippen LogP contribution >= 0.6 is 11.6 Å². The van der Waals surface area contributed by atoms with Crippen molar-refractivity contribution in [2.75, 3.05) is 13.6 Å². The molecule has 0 saturated heterocycles. The number of benzene rings is 2. The lowest BCUT2D eigenvalue weighted by Crippen LogP contribution is -2.41. The standard InChI is InChI=1S/C20H21ClFN5O2/c1-13(28-17-6-4-3-5-16(17)22)11-24-20(23-2)25-12-18-26-19(27-29-18)14-7-9-15(21)10-8-14/h3-10,13H,11-12H2,1-2H3,(H2,23,24,25). The normalized spacial score (nSPS) is 12.5. The highest BCUT2D eigenvalue weighted by atomic mass is 35.5. The summed E-state index contributed by atoms with van der Waals surface area (Å²) in [6.07, 6.45) is -0.273. The fourth-order valence-electron chi connectivity index (χ4n) is 2.46. The van der Waals surface area contributed by atoms with Gasteiger partial charge in [-0.3, -0.25) is 4.99 Å². The lowest BCUT2D eigenvalue weighted by Gasteiger charge is -2.17. The van der Waals surface area contributed by atoms with Gasteiger partial charge in [-0.25, -0.2) is 4.39 Å². The van der Waals surface area contributed by atoms with E-state index in [9.17, 15) is 4.39 Å². The molecule has 0 saturated carbocycles. The summed E-state index contributed by atoms with van der Waals surface area (Å²) in [5, 5.41) is 10.8. The Morgan fingerprint density at radius 3 is 2.69 bits per heavy atom. The molecule has 9 heteroatoms. The Bertz CT molecular complexity index is 962. The summed E-state index contributed by atoms with van der Waals surface area (Å²) in [6.45, 7) is 2.56. The summed E-state index contributed by atoms with van der Waals surface area (Å²) in [5.41, 5.74) is 0.811. The van der Waals surface area contributed by atoms with Crippen molar-refractivity contribution in [3.8, 4) is 17.1 Å². The average Bonchev–Trinajstić information content (AvgIpc) is 3.19. The molecular formula is C20H21ClFN5O2. The summed E-state index contributed by atoms with van der Waals surface area (Å²) in [5.74, 6) is 1.24. The third-order valence-corrected chi connectivity index (χ3v) is 4.17. The van der Waals surface area contributed by atoms with Crippen LogP contribution in [0.4, 0.5) is 4.39 Å². The lowest BCUT2D eigenvalue weighted by atomic mass is 10.2. The van der Waals surface area contributed by atoms with Crippen molar-refractivity contribution in [3.63, 3.8) is 0 Å². The molecule has 1 unspecified atom stereocenters. The second-order valence-electron chi connectivity index (χ2n) is 6.18. The fraction of sp³-hybridized carbons (Fsp3) is 0.250. The molecule has 152 valence electrons. The fourth-order valence-corrected chi connectivity index (χ4v) is 2.59. The predicted molar refractivity (Wildman–Crippen MR) is 109 cm³/mol. The number of guanidine groups is 1. The molecule has 0 amide bonds. The molecule has 0 radical (unpaired) electrons. The van der Waals surface area contributed by atoms with Crippen LogP contribution in [0.25, 0.3) is 11.4 Å². The molecule has 1 atom stereocenters. The first kappa shape index (κ1) is 20.6. The first-order valence-electron chi connectivity index (χ1n) is 8.99. The number of ether oxygens (including phenoxy) is 1. The number of aliphatic imine (C=N–C) groups is 1. The molecule has 0 aliphatic rings. The topological polar surface area (TPSA) is 84.6 Å². The van der Waals surface area contributed by atoms with Gasteiger partial charge in [-0.05, 0) is 43.3 Å². The number of halogens is 2. The van der Waals surface area contributed by atoms with Crippen LogP contribution < -0.4 is 15.4 Å². The van der Waals surface area contributed by atoms with E-state index in [1.54, 1.807) is 37.4 Å². The minimum absolute atomic E-state index is 0.213. The zero-order valence-electron chi connectivity index (χ0n) is 16.0. The maximum atomic E-state index is 13.7. The summed E-state index contributed by atoms with van der Waals surface area (Å²) in [4.78, 5) is 8.48. The summed E-state index contributed by atoms with van der Waals surface area (Å²) in [7, 11) is 1.64. The first-order valence-corrected chi connectivity index (χ1v) is 9.37. The molecule has 7 nitrogen and oxygen atoms in total. The zero-order chi connectivity index (χ0) is 20.6. The van der Waals surface area contributed by atoms with Crippen molar-refractivity contribution >= 4 is 17.6 Å². The first-order chi connectivity index (χ1) is 14.0. The number of nitrogens with zero attached hydrogens (tertiary/aromatic N) is 3. The molecule has 2 N–H and O–H groups in total. The molecule has 0 bridgehead atoms. The minimum atomic E-state index is -0.394. The van der Waals surface area contributed by atoms with Crippen LogP contribution in [0.15, 0.2) is 58.0 Å². The van der Waals surface area contributed by atoms with E-state index in [0.29, 0.717) is 35.8 Å². The molecule has 0 spiro atoms. The molecule has 0 aliphatic heterocycles. The monoisotopic (exact) mass is 417 g/mol. The van der Waals surface area contributed by atoms with Crippen molar-refractivity contribution < 1.29 is 13.7 Å². The molecule has 3 aromatic rings. The summed E-state index contributed by atoms with van der Waals surface area (Å²) < 4.78 is 24.5. The van der Waals surface area contributed by atoms with Gasteiger partial charge >= 0.3 is 0 Å². The molecule has 1 aromatic heterocycles. The molecular weight excluding hydrogens is 397 g/mol. The van der Waals surface area contributed by atoms with E-state index in [2.05, 4.69) is 25.8 Å². The van der Waals surface area contributed by atoms with E-state index in [0.717, 1.165) is 5.56 Å². The van der Waals surface area contributed by atoms with Gasteiger partial charge in [0.25, 0.3) is 0 Å². The third kappa shape index (κ3) is 5.92. The summed E-state index contributed by atoms with van der Waals surface area (Å²) in [6, 6.07) is 13.5. The van der Waals surface area contributed by atoms with Gasteiger partial charge in [0, 0.05) is 17.6 Å². The van der Waals surface area contributed by atoms with Crippen LogP contribution in [-0.2, 0) is 6.54 Å². The second kappa shape index (κ2) is 9.88. The smallest absolute Gasteiger partial charge is 0.246 e. The van der Waals surface area contributed by atoms with Crippen molar-refractivity contribution in [2.45, 2.75) is 19.6 Å². The quantitative estimate of drug-likeness (QED) is 0.451. The van der Waals surface area contributed by atoms with Gasteiger partial charge in [-0.1, -0.05) is 28.9 Å². The molecule has 1 heterocycles. The number of hydrogen-bond acceptors (Lipinski definition) is 5. The second-order valence-corrected chi connectivity index (χ2v) is 6.62. The van der Waals surface area contributed by atoms with Crippen LogP contribution in [-0.4, -0.2) is 35.8 Å². The molecule has 0 aliphatic carbocycles. The Kier molecular flexibility index (Phi) is 7.02. The highest BCUT2D eigenvalue weighted by molar-refractivity contribution is 6.30.